The summed E-state index contributed by atoms with van der Waals surface area (Å²) in [5.41, 5.74) is -0.336. The van der Waals surface area contributed by atoms with Gasteiger partial charge in [0.2, 0.25) is 0 Å². The Bertz CT molecular complexity index is 473. The van der Waals surface area contributed by atoms with E-state index in [1.165, 1.54) is 12.3 Å². The van der Waals surface area contributed by atoms with Gasteiger partial charge in [-0.25, -0.2) is 9.37 Å². The number of hydrogen-bond donors (Lipinski definition) is 2. The van der Waals surface area contributed by atoms with Crippen molar-refractivity contribution in [1.29, 1.82) is 0 Å². The Kier molecular flexibility index (Phi) is 3.99. The van der Waals surface area contributed by atoms with Crippen LogP contribution < -0.4 is 10.6 Å². The fourth-order valence-corrected chi connectivity index (χ4v) is 2.08. The third-order valence-electron chi connectivity index (χ3n) is 3.38. The molecule has 2 heterocycles. The predicted molar refractivity (Wildman–Crippen MR) is 69.7 cm³/mol. The molecule has 19 heavy (non-hydrogen) atoms. The average molecular weight is 267 g/mol. The van der Waals surface area contributed by atoms with Crippen LogP contribution in [0.2, 0.25) is 0 Å². The van der Waals surface area contributed by atoms with E-state index in [2.05, 4.69) is 15.6 Å². The van der Waals surface area contributed by atoms with Crippen LogP contribution in [0, 0.1) is 5.82 Å². The maximum Gasteiger partial charge on any atom is 0.254 e. The molecule has 0 unspecified atom stereocenters. The minimum atomic E-state index is -0.627. The zero-order valence-electron chi connectivity index (χ0n) is 11.1. The number of aromatic nitrogens is 1. The van der Waals surface area contributed by atoms with Crippen LogP contribution >= 0.6 is 0 Å². The van der Waals surface area contributed by atoms with Gasteiger partial charge in [-0.1, -0.05) is 0 Å². The summed E-state index contributed by atoms with van der Waals surface area (Å²) in [5, 5.41) is 5.51. The Hall–Kier alpha value is -1.69. The van der Waals surface area contributed by atoms with E-state index in [4.69, 9.17) is 4.74 Å². The lowest BCUT2D eigenvalue weighted by molar-refractivity contribution is 0.0421. The molecule has 1 aliphatic heterocycles. The van der Waals surface area contributed by atoms with Crippen molar-refractivity contribution in [3.05, 3.63) is 23.6 Å². The van der Waals surface area contributed by atoms with Crippen LogP contribution in [0.15, 0.2) is 12.3 Å². The molecule has 0 spiro atoms. The van der Waals surface area contributed by atoms with Gasteiger partial charge in [0, 0.05) is 32.0 Å². The second-order valence-corrected chi connectivity index (χ2v) is 4.90. The van der Waals surface area contributed by atoms with E-state index in [-0.39, 0.29) is 16.9 Å². The number of nitrogens with zero attached hydrogens (tertiary/aromatic N) is 1. The number of ether oxygens (including phenoxy) is 1. The highest BCUT2D eigenvalue weighted by Gasteiger charge is 2.30. The Balaban J connectivity index is 2.16. The molecular weight excluding hydrogens is 249 g/mol. The van der Waals surface area contributed by atoms with Crippen LogP contribution in [0.1, 0.15) is 30.1 Å². The summed E-state index contributed by atoms with van der Waals surface area (Å²) >= 11 is 0. The van der Waals surface area contributed by atoms with Crippen molar-refractivity contribution in [2.45, 2.75) is 25.3 Å². The molecule has 1 aromatic rings. The van der Waals surface area contributed by atoms with Gasteiger partial charge in [-0.3, -0.25) is 4.79 Å². The van der Waals surface area contributed by atoms with E-state index in [0.29, 0.717) is 13.2 Å². The van der Waals surface area contributed by atoms with E-state index in [1.807, 2.05) is 6.92 Å². The summed E-state index contributed by atoms with van der Waals surface area (Å²) in [6, 6.07) is 1.38. The summed E-state index contributed by atoms with van der Waals surface area (Å²) in [7, 11) is 1.56. The molecule has 0 saturated carbocycles. The lowest BCUT2D eigenvalue weighted by Gasteiger charge is -2.34. The van der Waals surface area contributed by atoms with Crippen LogP contribution in [0.5, 0.6) is 0 Å². The SMILES string of the molecule is CNc1nccc(C(=O)NC2(C)CCOCC2)c1F. The predicted octanol–water partition coefficient (Wildman–Crippen LogP) is 1.56. The van der Waals surface area contributed by atoms with Crippen LogP contribution in [-0.4, -0.2) is 36.7 Å². The number of rotatable bonds is 3. The lowest BCUT2D eigenvalue weighted by atomic mass is 9.92. The summed E-state index contributed by atoms with van der Waals surface area (Å²) in [6.07, 6.45) is 2.87. The fourth-order valence-electron chi connectivity index (χ4n) is 2.08. The van der Waals surface area contributed by atoms with Crippen molar-refractivity contribution in [2.75, 3.05) is 25.6 Å². The minimum Gasteiger partial charge on any atom is -0.381 e. The molecule has 5 nitrogen and oxygen atoms in total. The van der Waals surface area contributed by atoms with Gasteiger partial charge in [0.05, 0.1) is 5.56 Å². The maximum absolute atomic E-state index is 14.0. The monoisotopic (exact) mass is 267 g/mol. The zero-order valence-corrected chi connectivity index (χ0v) is 11.1. The van der Waals surface area contributed by atoms with Crippen molar-refractivity contribution in [3.8, 4) is 0 Å². The van der Waals surface area contributed by atoms with Crippen molar-refractivity contribution in [2.24, 2.45) is 0 Å². The largest absolute Gasteiger partial charge is 0.381 e. The van der Waals surface area contributed by atoms with Crippen LogP contribution in [0.4, 0.5) is 10.2 Å². The van der Waals surface area contributed by atoms with E-state index in [9.17, 15) is 9.18 Å². The molecule has 2 rings (SSSR count). The van der Waals surface area contributed by atoms with Gasteiger partial charge in [0.25, 0.3) is 5.91 Å². The highest BCUT2D eigenvalue weighted by Crippen LogP contribution is 2.21. The third kappa shape index (κ3) is 3.01. The van der Waals surface area contributed by atoms with E-state index in [0.717, 1.165) is 12.8 Å². The zero-order chi connectivity index (χ0) is 13.9. The summed E-state index contributed by atoms with van der Waals surface area (Å²) in [6.45, 7) is 3.17. The highest BCUT2D eigenvalue weighted by molar-refractivity contribution is 5.95. The lowest BCUT2D eigenvalue weighted by Crippen LogP contribution is -2.49. The Labute approximate surface area is 111 Å². The van der Waals surface area contributed by atoms with E-state index in [1.54, 1.807) is 7.05 Å². The topological polar surface area (TPSA) is 63.2 Å². The number of amides is 1. The van der Waals surface area contributed by atoms with E-state index >= 15 is 0 Å². The minimum absolute atomic E-state index is 0.00654. The van der Waals surface area contributed by atoms with Crippen LogP contribution in [0.3, 0.4) is 0 Å². The quantitative estimate of drug-likeness (QED) is 0.872. The van der Waals surface area contributed by atoms with Gasteiger partial charge >= 0.3 is 0 Å². The van der Waals surface area contributed by atoms with Crippen LogP contribution in [0.25, 0.3) is 0 Å². The number of carbonyl (C=O) groups excluding carboxylic acids is 1. The molecule has 0 bridgehead atoms. The molecule has 1 aliphatic rings. The molecule has 0 aromatic carbocycles. The number of anilines is 1. The van der Waals surface area contributed by atoms with Crippen molar-refractivity contribution >= 4 is 11.7 Å². The molecule has 2 N–H and O–H groups in total. The molecule has 0 atom stereocenters. The smallest absolute Gasteiger partial charge is 0.254 e. The Morgan fingerprint density at radius 3 is 2.79 bits per heavy atom. The first-order valence-electron chi connectivity index (χ1n) is 6.28. The first-order valence-corrected chi connectivity index (χ1v) is 6.28. The molecule has 1 fully saturated rings. The standard InChI is InChI=1S/C13H18FN3O2/c1-13(4-7-19-8-5-13)17-12(18)9-3-6-16-11(15-2)10(9)14/h3,6H,4-5,7-8H2,1-2H3,(H,15,16)(H,17,18). The number of halogens is 1. The second-order valence-electron chi connectivity index (χ2n) is 4.90. The number of carbonyl (C=O) groups is 1. The van der Waals surface area contributed by atoms with Crippen LogP contribution in [-0.2, 0) is 4.74 Å². The molecule has 6 heteroatoms. The molecule has 1 saturated heterocycles. The van der Waals surface area contributed by atoms with E-state index < -0.39 is 11.7 Å². The summed E-state index contributed by atoms with van der Waals surface area (Å²) < 4.78 is 19.3. The maximum atomic E-state index is 14.0. The second kappa shape index (κ2) is 5.52. The average Bonchev–Trinajstić information content (AvgIpc) is 2.39. The third-order valence-corrected chi connectivity index (χ3v) is 3.38. The summed E-state index contributed by atoms with van der Waals surface area (Å²) in [5.74, 6) is -0.969. The molecule has 0 aliphatic carbocycles. The van der Waals surface area contributed by atoms with Gasteiger partial charge in [0.1, 0.15) is 0 Å². The number of hydrogen-bond acceptors (Lipinski definition) is 4. The molecule has 0 radical (unpaired) electrons. The number of pyridine rings is 1. The first kappa shape index (κ1) is 13.7. The molecular formula is C13H18FN3O2. The molecule has 1 amide bonds. The first-order chi connectivity index (χ1) is 9.06. The Morgan fingerprint density at radius 2 is 2.16 bits per heavy atom. The van der Waals surface area contributed by atoms with Gasteiger partial charge in [-0.15, -0.1) is 0 Å². The molecule has 1 aromatic heterocycles. The van der Waals surface area contributed by atoms with Crippen molar-refractivity contribution < 1.29 is 13.9 Å². The highest BCUT2D eigenvalue weighted by atomic mass is 19.1. The van der Waals surface area contributed by atoms with Gasteiger partial charge in [-0.2, -0.15) is 0 Å². The van der Waals surface area contributed by atoms with Gasteiger partial charge in [0.15, 0.2) is 11.6 Å². The van der Waals surface area contributed by atoms with Gasteiger partial charge < -0.3 is 15.4 Å². The normalized spacial score (nSPS) is 17.8. The fraction of sp³-hybridized carbons (Fsp3) is 0.538. The Morgan fingerprint density at radius 1 is 1.47 bits per heavy atom. The summed E-state index contributed by atoms with van der Waals surface area (Å²) in [4.78, 5) is 16.0. The molecule has 104 valence electrons. The van der Waals surface area contributed by atoms with Gasteiger partial charge in [-0.05, 0) is 25.8 Å². The van der Waals surface area contributed by atoms with Crippen molar-refractivity contribution in [1.82, 2.24) is 10.3 Å². The van der Waals surface area contributed by atoms with Crippen molar-refractivity contribution in [3.63, 3.8) is 0 Å². The number of nitrogens with one attached hydrogen (secondary N) is 2.